The second-order valence-electron chi connectivity index (χ2n) is 4.22. The van der Waals surface area contributed by atoms with Gasteiger partial charge in [-0.3, -0.25) is 4.90 Å². The largest absolute Gasteiger partial charge is 0.441 e. The van der Waals surface area contributed by atoms with Crippen LogP contribution in [0.4, 0.5) is 0 Å². The van der Waals surface area contributed by atoms with E-state index in [4.69, 9.17) is 9.47 Å². The molecule has 1 fully saturated rings. The Hall–Kier alpha value is -0.870. The van der Waals surface area contributed by atoms with E-state index in [9.17, 15) is 4.79 Å². The molecule has 15 heavy (non-hydrogen) atoms. The van der Waals surface area contributed by atoms with Crippen LogP contribution >= 0.6 is 0 Å². The second-order valence-corrected chi connectivity index (χ2v) is 4.22. The Morgan fingerprint density at radius 2 is 1.93 bits per heavy atom. The van der Waals surface area contributed by atoms with Crippen LogP contribution in [-0.2, 0) is 14.3 Å². The van der Waals surface area contributed by atoms with Crippen molar-refractivity contribution in [1.29, 1.82) is 0 Å². The van der Waals surface area contributed by atoms with E-state index in [-0.39, 0.29) is 5.97 Å². The zero-order valence-corrected chi connectivity index (χ0v) is 9.71. The lowest BCUT2D eigenvalue weighted by molar-refractivity contribution is -0.180. The summed E-state index contributed by atoms with van der Waals surface area (Å²) < 4.78 is 10.6. The molecule has 0 saturated carbocycles. The Morgan fingerprint density at radius 3 is 2.40 bits per heavy atom. The van der Waals surface area contributed by atoms with Gasteiger partial charge in [0.2, 0.25) is 0 Å². The van der Waals surface area contributed by atoms with Gasteiger partial charge in [-0.25, -0.2) is 4.79 Å². The number of rotatable bonds is 3. The van der Waals surface area contributed by atoms with E-state index in [2.05, 4.69) is 11.5 Å². The molecule has 1 rings (SSSR count). The van der Waals surface area contributed by atoms with Gasteiger partial charge in [0.15, 0.2) is 5.72 Å². The molecule has 4 heteroatoms. The molecule has 1 aliphatic rings. The van der Waals surface area contributed by atoms with E-state index in [0.29, 0.717) is 18.8 Å². The minimum atomic E-state index is -0.584. The van der Waals surface area contributed by atoms with Gasteiger partial charge in [-0.1, -0.05) is 6.58 Å². The fourth-order valence-corrected chi connectivity index (χ4v) is 1.48. The van der Waals surface area contributed by atoms with Crippen molar-refractivity contribution in [3.63, 3.8) is 0 Å². The van der Waals surface area contributed by atoms with E-state index < -0.39 is 5.72 Å². The summed E-state index contributed by atoms with van der Waals surface area (Å²) in [5.41, 5.74) is -0.156. The first-order chi connectivity index (χ1) is 6.93. The summed E-state index contributed by atoms with van der Waals surface area (Å²) in [6, 6.07) is 0. The number of morpholine rings is 1. The van der Waals surface area contributed by atoms with E-state index in [0.717, 1.165) is 13.1 Å². The van der Waals surface area contributed by atoms with Gasteiger partial charge < -0.3 is 9.47 Å². The highest BCUT2D eigenvalue weighted by atomic mass is 16.6. The van der Waals surface area contributed by atoms with E-state index in [1.54, 1.807) is 6.92 Å². The SMILES string of the molecule is C=C(C)C(=O)OC(C)(C)N1CCOCC1. The van der Waals surface area contributed by atoms with Crippen LogP contribution in [0, 0.1) is 0 Å². The molecule has 0 unspecified atom stereocenters. The van der Waals surface area contributed by atoms with Crippen molar-refractivity contribution in [2.45, 2.75) is 26.5 Å². The van der Waals surface area contributed by atoms with Crippen molar-refractivity contribution in [2.24, 2.45) is 0 Å². The lowest BCUT2D eigenvalue weighted by Crippen LogP contribution is -2.52. The molecule has 0 aromatic rings. The van der Waals surface area contributed by atoms with Gasteiger partial charge in [-0.05, 0) is 20.8 Å². The number of carbonyl (C=O) groups is 1. The van der Waals surface area contributed by atoms with Crippen molar-refractivity contribution < 1.29 is 14.3 Å². The molecular formula is C11H19NO3. The maximum absolute atomic E-state index is 11.4. The molecule has 4 nitrogen and oxygen atoms in total. The first kappa shape index (κ1) is 12.2. The number of hydrogen-bond acceptors (Lipinski definition) is 4. The highest BCUT2D eigenvalue weighted by Crippen LogP contribution is 2.18. The Bertz CT molecular complexity index is 255. The molecular weight excluding hydrogens is 194 g/mol. The zero-order valence-electron chi connectivity index (χ0n) is 9.71. The fraction of sp³-hybridized carbons (Fsp3) is 0.727. The average Bonchev–Trinajstić information content (AvgIpc) is 2.18. The molecule has 0 atom stereocenters. The number of nitrogens with zero attached hydrogens (tertiary/aromatic N) is 1. The summed E-state index contributed by atoms with van der Waals surface area (Å²) in [5.74, 6) is -0.341. The highest BCUT2D eigenvalue weighted by molar-refractivity contribution is 5.87. The van der Waals surface area contributed by atoms with Gasteiger partial charge in [-0.2, -0.15) is 0 Å². The van der Waals surface area contributed by atoms with E-state index in [1.807, 2.05) is 13.8 Å². The molecule has 0 aromatic heterocycles. The quantitative estimate of drug-likeness (QED) is 0.521. The van der Waals surface area contributed by atoms with Crippen molar-refractivity contribution in [3.8, 4) is 0 Å². The van der Waals surface area contributed by atoms with Crippen LogP contribution in [0.3, 0.4) is 0 Å². The third-order valence-corrected chi connectivity index (χ3v) is 2.46. The molecule has 0 aromatic carbocycles. The van der Waals surface area contributed by atoms with Crippen LogP contribution in [0.5, 0.6) is 0 Å². The lowest BCUT2D eigenvalue weighted by Gasteiger charge is -2.39. The van der Waals surface area contributed by atoms with Crippen molar-refractivity contribution in [1.82, 2.24) is 4.90 Å². The summed E-state index contributed by atoms with van der Waals surface area (Å²) in [5, 5.41) is 0. The van der Waals surface area contributed by atoms with Gasteiger partial charge >= 0.3 is 5.97 Å². The summed E-state index contributed by atoms with van der Waals surface area (Å²) >= 11 is 0. The molecule has 0 aliphatic carbocycles. The highest BCUT2D eigenvalue weighted by Gasteiger charge is 2.31. The standard InChI is InChI=1S/C11H19NO3/c1-9(2)10(13)15-11(3,4)12-5-7-14-8-6-12/h1,5-8H2,2-4H3. The smallest absolute Gasteiger partial charge is 0.334 e. The minimum absolute atomic E-state index is 0.341. The van der Waals surface area contributed by atoms with Crippen LogP contribution in [-0.4, -0.2) is 42.9 Å². The Kier molecular flexibility index (Phi) is 3.88. The van der Waals surface area contributed by atoms with Gasteiger partial charge in [-0.15, -0.1) is 0 Å². The third-order valence-electron chi connectivity index (χ3n) is 2.46. The third kappa shape index (κ3) is 3.32. The van der Waals surface area contributed by atoms with Crippen molar-refractivity contribution in [3.05, 3.63) is 12.2 Å². The second kappa shape index (κ2) is 4.77. The monoisotopic (exact) mass is 213 g/mol. The summed E-state index contributed by atoms with van der Waals surface area (Å²) in [6.07, 6.45) is 0. The van der Waals surface area contributed by atoms with Crippen LogP contribution < -0.4 is 0 Å². The minimum Gasteiger partial charge on any atom is -0.441 e. The predicted octanol–water partition coefficient (Wildman–Crippen LogP) is 1.17. The molecule has 1 saturated heterocycles. The number of carbonyl (C=O) groups excluding carboxylic acids is 1. The molecule has 0 bridgehead atoms. The number of esters is 1. The van der Waals surface area contributed by atoms with Crippen LogP contribution in [0.1, 0.15) is 20.8 Å². The maximum Gasteiger partial charge on any atom is 0.334 e. The molecule has 0 spiro atoms. The Balaban J connectivity index is 2.56. The predicted molar refractivity (Wildman–Crippen MR) is 57.4 cm³/mol. The molecule has 1 aliphatic heterocycles. The van der Waals surface area contributed by atoms with Crippen LogP contribution in [0.2, 0.25) is 0 Å². The van der Waals surface area contributed by atoms with Crippen LogP contribution in [0.15, 0.2) is 12.2 Å². The number of ether oxygens (including phenoxy) is 2. The summed E-state index contributed by atoms with van der Waals surface area (Å²) in [6.45, 7) is 11.9. The zero-order chi connectivity index (χ0) is 11.5. The average molecular weight is 213 g/mol. The Labute approximate surface area is 90.8 Å². The summed E-state index contributed by atoms with van der Waals surface area (Å²) in [4.78, 5) is 13.5. The van der Waals surface area contributed by atoms with Gasteiger partial charge in [0.25, 0.3) is 0 Å². The fourth-order valence-electron chi connectivity index (χ4n) is 1.48. The Morgan fingerprint density at radius 1 is 1.40 bits per heavy atom. The maximum atomic E-state index is 11.4. The van der Waals surface area contributed by atoms with Crippen LogP contribution in [0.25, 0.3) is 0 Å². The topological polar surface area (TPSA) is 38.8 Å². The summed E-state index contributed by atoms with van der Waals surface area (Å²) in [7, 11) is 0. The van der Waals surface area contributed by atoms with E-state index >= 15 is 0 Å². The van der Waals surface area contributed by atoms with E-state index in [1.165, 1.54) is 0 Å². The van der Waals surface area contributed by atoms with Gasteiger partial charge in [0.05, 0.1) is 13.2 Å². The molecule has 0 N–H and O–H groups in total. The molecule has 0 amide bonds. The van der Waals surface area contributed by atoms with Gasteiger partial charge in [0, 0.05) is 18.7 Å². The normalized spacial score (nSPS) is 18.6. The molecule has 86 valence electrons. The lowest BCUT2D eigenvalue weighted by atomic mass is 10.2. The first-order valence-corrected chi connectivity index (χ1v) is 5.15. The van der Waals surface area contributed by atoms with Crippen molar-refractivity contribution >= 4 is 5.97 Å². The van der Waals surface area contributed by atoms with Gasteiger partial charge in [0.1, 0.15) is 0 Å². The molecule has 1 heterocycles. The van der Waals surface area contributed by atoms with Crippen molar-refractivity contribution in [2.75, 3.05) is 26.3 Å². The number of hydrogen-bond donors (Lipinski definition) is 0. The molecule has 0 radical (unpaired) electrons. The first-order valence-electron chi connectivity index (χ1n) is 5.15.